The first kappa shape index (κ1) is 21.0. The molecule has 2 unspecified atom stereocenters. The number of carbonyl (C=O) groups is 2. The molecule has 6 nitrogen and oxygen atoms in total. The molecule has 0 heterocycles. The molecule has 0 radical (unpaired) electrons. The summed E-state index contributed by atoms with van der Waals surface area (Å²) in [4.78, 5) is 26.6. The normalized spacial score (nSPS) is 16.6. The fourth-order valence-electron chi connectivity index (χ4n) is 3.41. The van der Waals surface area contributed by atoms with Gasteiger partial charge in [0.1, 0.15) is 0 Å². The summed E-state index contributed by atoms with van der Waals surface area (Å²) in [6.45, 7) is 4.43. The third-order valence-corrected chi connectivity index (χ3v) is 5.45. The van der Waals surface area contributed by atoms with Gasteiger partial charge in [-0.15, -0.1) is 0 Å². The van der Waals surface area contributed by atoms with Gasteiger partial charge in [-0.1, -0.05) is 60.2 Å². The average Bonchev–Trinajstić information content (AvgIpc) is 3.52. The molecule has 154 valence electrons. The van der Waals surface area contributed by atoms with Crippen molar-refractivity contribution < 1.29 is 19.8 Å². The Kier molecular flexibility index (Phi) is 6.35. The van der Waals surface area contributed by atoms with Gasteiger partial charge in [-0.05, 0) is 37.8 Å². The Morgan fingerprint density at radius 3 is 2.21 bits per heavy atom. The molecule has 0 saturated heterocycles. The summed E-state index contributed by atoms with van der Waals surface area (Å²) >= 11 is 0. The number of benzene rings is 2. The molecule has 1 fully saturated rings. The van der Waals surface area contributed by atoms with Crippen LogP contribution in [0.3, 0.4) is 0 Å². The number of hydrogen-bond donors (Lipinski definition) is 3. The van der Waals surface area contributed by atoms with Crippen LogP contribution < -0.4 is 5.32 Å². The van der Waals surface area contributed by atoms with Crippen molar-refractivity contribution in [2.45, 2.75) is 51.0 Å². The third-order valence-electron chi connectivity index (χ3n) is 5.45. The molecule has 2 aromatic rings. The van der Waals surface area contributed by atoms with E-state index < -0.39 is 29.6 Å². The second kappa shape index (κ2) is 8.76. The van der Waals surface area contributed by atoms with Crippen LogP contribution in [-0.2, 0) is 21.7 Å². The van der Waals surface area contributed by atoms with Gasteiger partial charge in [-0.2, -0.15) is 0 Å². The number of amides is 2. The minimum absolute atomic E-state index is 0.300. The first-order chi connectivity index (χ1) is 13.9. The fraction of sp³-hybridized carbons (Fsp3) is 0.391. The topological polar surface area (TPSA) is 89.9 Å². The van der Waals surface area contributed by atoms with E-state index in [-0.39, 0.29) is 0 Å². The van der Waals surface area contributed by atoms with Gasteiger partial charge in [0, 0.05) is 13.1 Å². The molecule has 3 N–H and O–H groups in total. The van der Waals surface area contributed by atoms with Crippen LogP contribution in [-0.4, -0.2) is 45.7 Å². The van der Waals surface area contributed by atoms with E-state index in [0.29, 0.717) is 13.1 Å². The van der Waals surface area contributed by atoms with Crippen LogP contribution in [0, 0.1) is 6.92 Å². The van der Waals surface area contributed by atoms with Crippen molar-refractivity contribution >= 4 is 11.8 Å². The van der Waals surface area contributed by atoms with Crippen molar-refractivity contribution in [2.75, 3.05) is 6.54 Å². The Bertz CT molecular complexity index is 847. The molecule has 2 amide bonds. The molecule has 29 heavy (non-hydrogen) atoms. The van der Waals surface area contributed by atoms with E-state index in [1.807, 2.05) is 61.5 Å². The second-order valence-electron chi connectivity index (χ2n) is 7.67. The van der Waals surface area contributed by atoms with Gasteiger partial charge in [-0.25, -0.2) is 0 Å². The summed E-state index contributed by atoms with van der Waals surface area (Å²) in [5.74, 6) is -1.40. The van der Waals surface area contributed by atoms with Crippen molar-refractivity contribution in [3.8, 4) is 0 Å². The predicted octanol–water partition coefficient (Wildman–Crippen LogP) is 1.87. The van der Waals surface area contributed by atoms with E-state index in [0.717, 1.165) is 29.5 Å². The van der Waals surface area contributed by atoms with Gasteiger partial charge in [0.2, 0.25) is 0 Å². The molecular weight excluding hydrogens is 368 g/mol. The molecule has 6 heteroatoms. The maximum atomic E-state index is 12.6. The number of rotatable bonds is 8. The molecule has 0 aliphatic heterocycles. The van der Waals surface area contributed by atoms with Crippen molar-refractivity contribution in [3.63, 3.8) is 0 Å². The number of likely N-dealkylation sites (N-methyl/N-ethyl adjacent to an activating group) is 1. The molecule has 0 aromatic heterocycles. The maximum absolute atomic E-state index is 12.6. The maximum Gasteiger partial charge on any atom is 0.254 e. The first-order valence-corrected chi connectivity index (χ1v) is 9.94. The summed E-state index contributed by atoms with van der Waals surface area (Å²) in [5, 5.41) is 23.5. The van der Waals surface area contributed by atoms with Gasteiger partial charge in [0.15, 0.2) is 12.2 Å². The minimum atomic E-state index is -1.82. The molecule has 2 atom stereocenters. The highest BCUT2D eigenvalue weighted by Crippen LogP contribution is 2.45. The number of nitrogens with one attached hydrogen (secondary N) is 1. The Morgan fingerprint density at radius 2 is 1.66 bits per heavy atom. The van der Waals surface area contributed by atoms with Crippen LogP contribution in [0.4, 0.5) is 0 Å². The zero-order chi connectivity index (χ0) is 21.0. The number of nitrogens with zero attached hydrogens (tertiary/aromatic N) is 1. The number of aliphatic hydroxyl groups excluding tert-OH is 2. The van der Waals surface area contributed by atoms with Gasteiger partial charge in [0.05, 0.1) is 5.54 Å². The fourth-order valence-corrected chi connectivity index (χ4v) is 3.41. The van der Waals surface area contributed by atoms with Crippen LogP contribution >= 0.6 is 0 Å². The third kappa shape index (κ3) is 4.83. The van der Waals surface area contributed by atoms with Crippen LogP contribution in [0.15, 0.2) is 54.6 Å². The first-order valence-electron chi connectivity index (χ1n) is 9.94. The molecule has 1 saturated carbocycles. The lowest BCUT2D eigenvalue weighted by atomic mass is 10.0. The molecule has 0 bridgehead atoms. The van der Waals surface area contributed by atoms with E-state index in [4.69, 9.17) is 0 Å². The second-order valence-corrected chi connectivity index (χ2v) is 7.67. The van der Waals surface area contributed by atoms with E-state index >= 15 is 0 Å². The number of carbonyl (C=O) groups excluding carboxylic acids is 2. The Labute approximate surface area is 171 Å². The minimum Gasteiger partial charge on any atom is -0.380 e. The number of aliphatic hydroxyl groups is 2. The van der Waals surface area contributed by atoms with Crippen LogP contribution in [0.5, 0.6) is 0 Å². The Morgan fingerprint density at radius 1 is 1.03 bits per heavy atom. The van der Waals surface area contributed by atoms with Gasteiger partial charge in [0.25, 0.3) is 11.8 Å². The van der Waals surface area contributed by atoms with Crippen molar-refractivity contribution in [1.29, 1.82) is 0 Å². The van der Waals surface area contributed by atoms with Crippen molar-refractivity contribution in [3.05, 3.63) is 71.3 Å². The van der Waals surface area contributed by atoms with E-state index in [2.05, 4.69) is 5.32 Å². The summed E-state index contributed by atoms with van der Waals surface area (Å²) in [6, 6.07) is 17.2. The molecule has 1 aliphatic carbocycles. The SMILES string of the molecule is CCN(Cc1ccccc1)C(=O)C(O)C(O)C(=O)NC1(c2ccc(C)cc2)CC1. The Hall–Kier alpha value is -2.70. The van der Waals surface area contributed by atoms with Gasteiger partial charge < -0.3 is 20.4 Å². The quantitative estimate of drug-likeness (QED) is 0.635. The summed E-state index contributed by atoms with van der Waals surface area (Å²) in [6.07, 6.45) is -2.12. The molecule has 0 spiro atoms. The van der Waals surface area contributed by atoms with E-state index in [9.17, 15) is 19.8 Å². The predicted molar refractivity (Wildman–Crippen MR) is 110 cm³/mol. The summed E-state index contributed by atoms with van der Waals surface area (Å²) in [7, 11) is 0. The lowest BCUT2D eigenvalue weighted by Gasteiger charge is -2.27. The monoisotopic (exact) mass is 396 g/mol. The van der Waals surface area contributed by atoms with E-state index in [1.165, 1.54) is 4.90 Å². The van der Waals surface area contributed by atoms with Gasteiger partial charge >= 0.3 is 0 Å². The zero-order valence-electron chi connectivity index (χ0n) is 16.8. The standard InChI is InChI=1S/C23H28N2O4/c1-3-25(15-17-7-5-4-6-8-17)22(29)20(27)19(26)21(28)24-23(13-14-23)18-11-9-16(2)10-12-18/h4-12,19-20,26-27H,3,13-15H2,1-2H3,(H,24,28). The molecule has 3 rings (SSSR count). The smallest absolute Gasteiger partial charge is 0.254 e. The summed E-state index contributed by atoms with van der Waals surface area (Å²) < 4.78 is 0. The van der Waals surface area contributed by atoms with Crippen LogP contribution in [0.1, 0.15) is 36.5 Å². The number of aryl methyl sites for hydroxylation is 1. The average molecular weight is 396 g/mol. The number of hydrogen-bond acceptors (Lipinski definition) is 4. The van der Waals surface area contributed by atoms with Crippen molar-refractivity contribution in [2.24, 2.45) is 0 Å². The highest BCUT2D eigenvalue weighted by molar-refractivity contribution is 5.91. The lowest BCUT2D eigenvalue weighted by Crippen LogP contribution is -2.52. The Balaban J connectivity index is 1.63. The summed E-state index contributed by atoms with van der Waals surface area (Å²) in [5.41, 5.74) is 2.46. The van der Waals surface area contributed by atoms with Gasteiger partial charge in [-0.3, -0.25) is 9.59 Å². The van der Waals surface area contributed by atoms with E-state index in [1.54, 1.807) is 6.92 Å². The van der Waals surface area contributed by atoms with Crippen LogP contribution in [0.2, 0.25) is 0 Å². The molecule has 1 aliphatic rings. The molecule has 2 aromatic carbocycles. The lowest BCUT2D eigenvalue weighted by molar-refractivity contribution is -0.153. The highest BCUT2D eigenvalue weighted by Gasteiger charge is 2.47. The van der Waals surface area contributed by atoms with Crippen LogP contribution in [0.25, 0.3) is 0 Å². The van der Waals surface area contributed by atoms with Crippen molar-refractivity contribution in [1.82, 2.24) is 10.2 Å². The zero-order valence-corrected chi connectivity index (χ0v) is 16.8. The molecular formula is C23H28N2O4. The highest BCUT2D eigenvalue weighted by atomic mass is 16.3. The largest absolute Gasteiger partial charge is 0.380 e.